The number of fused-ring (bicyclic) bond motifs is 2. The summed E-state index contributed by atoms with van der Waals surface area (Å²) in [6.45, 7) is 6.82. The smallest absolute Gasteiger partial charge is 0.295 e. The number of rotatable bonds is 13. The molecule has 0 spiro atoms. The lowest BCUT2D eigenvalue weighted by atomic mass is 9.92. The number of anilines is 1. The predicted octanol–water partition coefficient (Wildman–Crippen LogP) is 4.82. The molecule has 0 saturated carbocycles. The summed E-state index contributed by atoms with van der Waals surface area (Å²) in [5.74, 6) is 0.566. The van der Waals surface area contributed by atoms with Gasteiger partial charge >= 0.3 is 0 Å². The molecule has 0 bridgehead atoms. The van der Waals surface area contributed by atoms with Gasteiger partial charge in [0.25, 0.3) is 10.1 Å². The minimum Gasteiger partial charge on any atom is -0.456 e. The van der Waals surface area contributed by atoms with Gasteiger partial charge in [-0.2, -0.15) is 8.42 Å². The number of aliphatic hydroxyl groups is 2. The third-order valence-electron chi connectivity index (χ3n) is 7.38. The molecule has 1 aromatic rings. The van der Waals surface area contributed by atoms with E-state index in [4.69, 9.17) is 4.42 Å². The van der Waals surface area contributed by atoms with E-state index in [2.05, 4.69) is 23.3 Å². The number of allylic oxidation sites excluding steroid dienone is 5. The molecule has 4 rings (SSSR count). The molecule has 0 saturated heterocycles. The van der Waals surface area contributed by atoms with Crippen LogP contribution in [-0.4, -0.2) is 62.6 Å². The van der Waals surface area contributed by atoms with Gasteiger partial charge < -0.3 is 19.5 Å². The zero-order valence-electron chi connectivity index (χ0n) is 23.9. The molecule has 1 aliphatic heterocycles. The van der Waals surface area contributed by atoms with E-state index in [9.17, 15) is 23.2 Å². The van der Waals surface area contributed by atoms with Crippen LogP contribution in [0.1, 0.15) is 51.5 Å². The Hall–Kier alpha value is -3.24. The minimum absolute atomic E-state index is 0.0199. The molecule has 0 unspecified atom stereocenters. The van der Waals surface area contributed by atoms with Crippen LogP contribution >= 0.6 is 0 Å². The monoisotopic (exact) mass is 581 g/mol. The van der Waals surface area contributed by atoms with Gasteiger partial charge in [0.2, 0.25) is 5.36 Å². The van der Waals surface area contributed by atoms with E-state index in [-0.39, 0.29) is 18.1 Å². The van der Waals surface area contributed by atoms with Gasteiger partial charge in [-0.15, -0.1) is 0 Å². The van der Waals surface area contributed by atoms with Crippen LogP contribution in [0.2, 0.25) is 0 Å². The maximum atomic E-state index is 12.6. The van der Waals surface area contributed by atoms with Crippen molar-refractivity contribution < 1.29 is 27.6 Å². The van der Waals surface area contributed by atoms with E-state index in [0.717, 1.165) is 49.8 Å². The molecule has 0 amide bonds. The molecule has 3 N–H and O–H groups in total. The summed E-state index contributed by atoms with van der Waals surface area (Å²) >= 11 is 0. The molecular formula is C32H41N2O6S+. The highest BCUT2D eigenvalue weighted by Crippen LogP contribution is 2.42. The van der Waals surface area contributed by atoms with E-state index in [0.29, 0.717) is 52.9 Å². The first-order valence-electron chi connectivity index (χ1n) is 14.4. The molecular weight excluding hydrogens is 540 g/mol. The summed E-state index contributed by atoms with van der Waals surface area (Å²) < 4.78 is 44.0. The Balaban J connectivity index is 2.05. The van der Waals surface area contributed by atoms with Crippen molar-refractivity contribution in [1.82, 2.24) is 4.58 Å². The summed E-state index contributed by atoms with van der Waals surface area (Å²) in [6, 6.07) is 11.6. The van der Waals surface area contributed by atoms with Gasteiger partial charge in [0.05, 0.1) is 12.7 Å². The number of aliphatic hydroxyl groups excluding tert-OH is 2. The fourth-order valence-electron chi connectivity index (χ4n) is 5.29. The predicted molar refractivity (Wildman–Crippen MR) is 165 cm³/mol. The zero-order valence-corrected chi connectivity index (χ0v) is 24.7. The van der Waals surface area contributed by atoms with Crippen molar-refractivity contribution in [2.24, 2.45) is 0 Å². The maximum Gasteiger partial charge on any atom is 0.295 e. The van der Waals surface area contributed by atoms with Crippen molar-refractivity contribution in [2.45, 2.75) is 46.0 Å². The fraction of sp³-hybridized carbons (Fsp3) is 0.406. The first kappa shape index (κ1) is 30.7. The molecule has 8 nitrogen and oxygen atoms in total. The second-order valence-electron chi connectivity index (χ2n) is 10.3. The van der Waals surface area contributed by atoms with E-state index >= 15 is 0 Å². The van der Waals surface area contributed by atoms with E-state index in [1.54, 1.807) is 6.08 Å². The summed E-state index contributed by atoms with van der Waals surface area (Å²) in [6.07, 6.45) is 11.2. The van der Waals surface area contributed by atoms with Gasteiger partial charge in [-0.1, -0.05) is 44.9 Å². The molecule has 220 valence electrons. The Labute approximate surface area is 242 Å². The third-order valence-corrected chi connectivity index (χ3v) is 8.29. The first-order chi connectivity index (χ1) is 19.8. The lowest BCUT2D eigenvalue weighted by Crippen LogP contribution is -2.33. The van der Waals surface area contributed by atoms with Crippen molar-refractivity contribution in [3.63, 3.8) is 0 Å². The van der Waals surface area contributed by atoms with Crippen molar-refractivity contribution >= 4 is 32.3 Å². The Bertz CT molecular complexity index is 1600. The van der Waals surface area contributed by atoms with E-state index < -0.39 is 10.1 Å². The molecule has 0 fully saturated rings. The highest BCUT2D eigenvalue weighted by atomic mass is 32.2. The second kappa shape index (κ2) is 14.1. The summed E-state index contributed by atoms with van der Waals surface area (Å²) in [5.41, 5.74) is 3.26. The number of hydrogen-bond acceptors (Lipinski definition) is 6. The van der Waals surface area contributed by atoms with E-state index in [1.807, 2.05) is 48.6 Å². The average molecular weight is 582 g/mol. The van der Waals surface area contributed by atoms with Crippen LogP contribution in [0.15, 0.2) is 70.0 Å². The molecule has 1 aromatic carbocycles. The first-order valence-corrected chi connectivity index (χ1v) is 15.9. The molecule has 1 heterocycles. The fourth-order valence-corrected chi connectivity index (χ4v) is 6.00. The molecule has 9 heteroatoms. The van der Waals surface area contributed by atoms with Gasteiger partial charge in [0, 0.05) is 59.4 Å². The van der Waals surface area contributed by atoms with Gasteiger partial charge in [-0.05, 0) is 37.1 Å². The molecule has 0 radical (unpaired) electrons. The van der Waals surface area contributed by atoms with Crippen LogP contribution < -0.4 is 14.8 Å². The third kappa shape index (κ3) is 7.16. The van der Waals surface area contributed by atoms with Crippen LogP contribution in [0.4, 0.5) is 5.69 Å². The van der Waals surface area contributed by atoms with Crippen LogP contribution in [0.5, 0.6) is 0 Å². The lowest BCUT2D eigenvalue weighted by molar-refractivity contribution is 0.280. The van der Waals surface area contributed by atoms with Crippen LogP contribution in [0, 0.1) is 0 Å². The highest BCUT2D eigenvalue weighted by Gasteiger charge is 2.27. The SMILES string of the molecule is CCCCN(CCO)c1ccc2c(C3=CCC=CC=C3S(=O)(=O)O)c3cc/c(=[N+](\CCO)CCCC)cc-3oc2c1. The number of unbranched alkanes of at least 4 members (excludes halogenated alkanes) is 2. The minimum atomic E-state index is -4.52. The summed E-state index contributed by atoms with van der Waals surface area (Å²) in [4.78, 5) is 1.95. The topological polar surface area (TPSA) is 114 Å². The van der Waals surface area contributed by atoms with Gasteiger partial charge in [-0.25, -0.2) is 4.58 Å². The quantitative estimate of drug-likeness (QED) is 0.151. The van der Waals surface area contributed by atoms with Crippen LogP contribution in [0.3, 0.4) is 0 Å². The Kier molecular flexibility index (Phi) is 10.6. The van der Waals surface area contributed by atoms with Crippen molar-refractivity contribution in [3.05, 3.63) is 76.5 Å². The maximum absolute atomic E-state index is 12.6. The average Bonchev–Trinajstić information content (AvgIpc) is 3.22. The van der Waals surface area contributed by atoms with Crippen LogP contribution in [0.25, 0.3) is 27.9 Å². The summed E-state index contributed by atoms with van der Waals surface area (Å²) in [5, 5.41) is 21.0. The second-order valence-corrected chi connectivity index (χ2v) is 11.6. The number of hydrogen-bond donors (Lipinski definition) is 3. The Morgan fingerprint density at radius 3 is 2.49 bits per heavy atom. The normalized spacial score (nSPS) is 14.7. The molecule has 3 aliphatic rings. The van der Waals surface area contributed by atoms with Gasteiger partial charge in [0.1, 0.15) is 29.4 Å². The van der Waals surface area contributed by atoms with Crippen molar-refractivity contribution in [1.29, 1.82) is 0 Å². The Morgan fingerprint density at radius 2 is 1.78 bits per heavy atom. The standard InChI is InChI=1S/C32H40N2O6S/c1-3-5-16-33(18-20-35)24-12-14-26-29(22-24)40-30-23-25(34(19-21-36)17-6-4-2)13-15-27(30)32(26)28-10-8-7-9-11-31(28)41(37,38)39/h7,9-15,22-23,35-36H,3-6,8,16-21H2,1-2H3/p+1. The lowest BCUT2D eigenvalue weighted by Gasteiger charge is -2.25. The molecule has 41 heavy (non-hydrogen) atoms. The van der Waals surface area contributed by atoms with Gasteiger partial charge in [-0.3, -0.25) is 4.55 Å². The zero-order chi connectivity index (χ0) is 29.4. The number of nitrogens with zero attached hydrogens (tertiary/aromatic N) is 2. The van der Waals surface area contributed by atoms with Crippen molar-refractivity contribution in [2.75, 3.05) is 44.3 Å². The van der Waals surface area contributed by atoms with Crippen LogP contribution in [-0.2, 0) is 10.1 Å². The molecule has 0 aromatic heterocycles. The van der Waals surface area contributed by atoms with Crippen molar-refractivity contribution in [3.8, 4) is 11.3 Å². The largest absolute Gasteiger partial charge is 0.456 e. The highest BCUT2D eigenvalue weighted by molar-refractivity contribution is 7.90. The Morgan fingerprint density at radius 1 is 0.976 bits per heavy atom. The molecule has 0 atom stereocenters. The summed E-state index contributed by atoms with van der Waals surface area (Å²) in [7, 11) is -4.52. The molecule has 2 aliphatic carbocycles. The van der Waals surface area contributed by atoms with E-state index in [1.165, 1.54) is 6.08 Å². The van der Waals surface area contributed by atoms with Gasteiger partial charge in [0.15, 0.2) is 6.54 Å². The number of benzene rings is 2.